The Kier molecular flexibility index (Phi) is 6.78. The van der Waals surface area contributed by atoms with Gasteiger partial charge in [0.2, 0.25) is 0 Å². The van der Waals surface area contributed by atoms with E-state index in [0.29, 0.717) is 5.82 Å². The van der Waals surface area contributed by atoms with Crippen molar-refractivity contribution in [2.45, 2.75) is 0 Å². The molecule has 51 heavy (non-hydrogen) atoms. The van der Waals surface area contributed by atoms with Gasteiger partial charge in [-0.3, -0.25) is 0 Å². The van der Waals surface area contributed by atoms with Gasteiger partial charge in [-0.2, -0.15) is 0 Å². The number of hydrogen-bond acceptors (Lipinski definition) is 3. The largest absolute Gasteiger partial charge is 0.309 e. The van der Waals surface area contributed by atoms with Crippen LogP contribution in [0.4, 0.5) is 0 Å². The second-order valence-corrected chi connectivity index (χ2v) is 12.8. The fraction of sp³-hybridized carbons (Fsp3) is 0. The first kappa shape index (κ1) is 29.0. The molecule has 0 atom stereocenters. The summed E-state index contributed by atoms with van der Waals surface area (Å²) in [4.78, 5) is 15.6. The second kappa shape index (κ2) is 11.9. The van der Waals surface area contributed by atoms with E-state index in [1.54, 1.807) is 0 Å². The molecular formula is C47H30N4. The molecule has 0 radical (unpaired) electrons. The molecule has 0 aliphatic carbocycles. The van der Waals surface area contributed by atoms with Gasteiger partial charge < -0.3 is 4.57 Å². The fourth-order valence-electron chi connectivity index (χ4n) is 7.47. The van der Waals surface area contributed by atoms with Crippen molar-refractivity contribution in [3.8, 4) is 50.8 Å². The van der Waals surface area contributed by atoms with Gasteiger partial charge in [0.05, 0.1) is 33.6 Å². The van der Waals surface area contributed by atoms with Crippen molar-refractivity contribution in [1.29, 1.82) is 0 Å². The Morgan fingerprint density at radius 3 is 1.67 bits per heavy atom. The minimum absolute atomic E-state index is 0.676. The minimum atomic E-state index is 0.676. The smallest absolute Gasteiger partial charge is 0.160 e. The minimum Gasteiger partial charge on any atom is -0.309 e. The number of pyridine rings is 1. The molecule has 3 aromatic heterocycles. The van der Waals surface area contributed by atoms with Crippen LogP contribution in [-0.4, -0.2) is 19.5 Å². The summed E-state index contributed by atoms with van der Waals surface area (Å²) in [7, 11) is 0. The lowest BCUT2D eigenvalue weighted by atomic mass is 9.95. The SMILES string of the molecule is c1ccc(-c2cc(-c3ccccc3)nc(-c3cccc(-c4nc5ccccc5c5c4ccc4c5c5ccccc5n4-c4ccccc4)c3)n2)cc1. The van der Waals surface area contributed by atoms with E-state index in [1.807, 2.05) is 36.4 Å². The fourth-order valence-corrected chi connectivity index (χ4v) is 7.47. The number of hydrogen-bond donors (Lipinski definition) is 0. The molecule has 0 amide bonds. The topological polar surface area (TPSA) is 43.6 Å². The Bertz CT molecular complexity index is 2840. The van der Waals surface area contributed by atoms with E-state index in [4.69, 9.17) is 15.0 Å². The maximum atomic E-state index is 5.34. The van der Waals surface area contributed by atoms with Crippen molar-refractivity contribution in [2.24, 2.45) is 0 Å². The third-order valence-corrected chi connectivity index (χ3v) is 9.77. The van der Waals surface area contributed by atoms with Gasteiger partial charge in [-0.15, -0.1) is 0 Å². The molecule has 238 valence electrons. The summed E-state index contributed by atoms with van der Waals surface area (Å²) in [5.41, 5.74) is 11.2. The molecule has 4 nitrogen and oxygen atoms in total. The van der Waals surface area contributed by atoms with Gasteiger partial charge in [-0.1, -0.05) is 140 Å². The molecule has 0 saturated heterocycles. The third-order valence-electron chi connectivity index (χ3n) is 9.77. The standard InChI is InChI=1S/C47H30N4/c1-4-15-31(16-5-1)40-30-41(32-17-6-2-7-18-32)50-47(49-40)34-20-14-19-33(29-34)46-38-27-28-43-45(44(38)36-23-10-12-25-39(36)48-46)37-24-11-13-26-42(37)51(43)35-21-8-3-9-22-35/h1-30H. The second-order valence-electron chi connectivity index (χ2n) is 12.8. The molecule has 0 spiro atoms. The van der Waals surface area contributed by atoms with Gasteiger partial charge in [0.25, 0.3) is 0 Å². The Labute approximate surface area is 295 Å². The molecule has 0 aliphatic heterocycles. The molecule has 0 unspecified atom stereocenters. The van der Waals surface area contributed by atoms with Crippen LogP contribution in [-0.2, 0) is 0 Å². The van der Waals surface area contributed by atoms with E-state index in [1.165, 1.54) is 27.2 Å². The number of rotatable bonds is 5. The van der Waals surface area contributed by atoms with Crippen molar-refractivity contribution in [2.75, 3.05) is 0 Å². The van der Waals surface area contributed by atoms with Crippen LogP contribution in [0.2, 0.25) is 0 Å². The zero-order valence-electron chi connectivity index (χ0n) is 27.6. The average Bonchev–Trinajstić information content (AvgIpc) is 3.56. The summed E-state index contributed by atoms with van der Waals surface area (Å²) in [5.74, 6) is 0.676. The van der Waals surface area contributed by atoms with Crippen LogP contribution in [0.15, 0.2) is 182 Å². The van der Waals surface area contributed by atoms with E-state index in [2.05, 4.69) is 150 Å². The van der Waals surface area contributed by atoms with Gasteiger partial charge in [-0.05, 0) is 42.5 Å². The summed E-state index contributed by atoms with van der Waals surface area (Å²) >= 11 is 0. The number of fused-ring (bicyclic) bond motifs is 7. The van der Waals surface area contributed by atoms with Gasteiger partial charge >= 0.3 is 0 Å². The van der Waals surface area contributed by atoms with E-state index in [0.717, 1.165) is 61.3 Å². The molecule has 0 aliphatic rings. The molecule has 0 fully saturated rings. The predicted octanol–water partition coefficient (Wildman–Crippen LogP) is 11.9. The van der Waals surface area contributed by atoms with Crippen molar-refractivity contribution in [1.82, 2.24) is 19.5 Å². The normalized spacial score (nSPS) is 11.5. The molecular weight excluding hydrogens is 621 g/mol. The molecule has 4 heteroatoms. The molecule has 0 saturated carbocycles. The Morgan fingerprint density at radius 1 is 0.353 bits per heavy atom. The van der Waals surface area contributed by atoms with Gasteiger partial charge in [0.15, 0.2) is 5.82 Å². The lowest BCUT2D eigenvalue weighted by Crippen LogP contribution is -1.97. The number of nitrogens with zero attached hydrogens (tertiary/aromatic N) is 4. The van der Waals surface area contributed by atoms with Crippen LogP contribution in [0.5, 0.6) is 0 Å². The predicted molar refractivity (Wildman–Crippen MR) is 211 cm³/mol. The summed E-state index contributed by atoms with van der Waals surface area (Å²) in [6.07, 6.45) is 0. The first-order valence-corrected chi connectivity index (χ1v) is 17.2. The average molecular weight is 651 g/mol. The quantitative estimate of drug-likeness (QED) is 0.174. The van der Waals surface area contributed by atoms with E-state index in [-0.39, 0.29) is 0 Å². The highest BCUT2D eigenvalue weighted by molar-refractivity contribution is 6.29. The number of benzene rings is 7. The summed E-state index contributed by atoms with van der Waals surface area (Å²) in [6.45, 7) is 0. The highest BCUT2D eigenvalue weighted by Gasteiger charge is 2.20. The van der Waals surface area contributed by atoms with E-state index < -0.39 is 0 Å². The molecule has 10 aromatic rings. The summed E-state index contributed by atoms with van der Waals surface area (Å²) < 4.78 is 2.38. The highest BCUT2D eigenvalue weighted by Crippen LogP contribution is 2.42. The van der Waals surface area contributed by atoms with Crippen molar-refractivity contribution < 1.29 is 0 Å². The van der Waals surface area contributed by atoms with E-state index in [9.17, 15) is 0 Å². The molecule has 10 rings (SSSR count). The van der Waals surface area contributed by atoms with Crippen LogP contribution in [0.3, 0.4) is 0 Å². The Hall–Kier alpha value is -6.91. The van der Waals surface area contributed by atoms with Crippen molar-refractivity contribution in [3.05, 3.63) is 182 Å². The maximum absolute atomic E-state index is 5.34. The summed E-state index contributed by atoms with van der Waals surface area (Å²) in [6, 6.07) is 63.6. The van der Waals surface area contributed by atoms with Gasteiger partial charge in [-0.25, -0.2) is 15.0 Å². The van der Waals surface area contributed by atoms with Crippen molar-refractivity contribution in [3.63, 3.8) is 0 Å². The lowest BCUT2D eigenvalue weighted by Gasteiger charge is -2.14. The van der Waals surface area contributed by atoms with Crippen molar-refractivity contribution >= 4 is 43.5 Å². The highest BCUT2D eigenvalue weighted by atomic mass is 15.0. The summed E-state index contributed by atoms with van der Waals surface area (Å²) in [5, 5.41) is 5.91. The van der Waals surface area contributed by atoms with Gasteiger partial charge in [0.1, 0.15) is 0 Å². The van der Waals surface area contributed by atoms with Crippen LogP contribution in [0, 0.1) is 0 Å². The van der Waals surface area contributed by atoms with Crippen LogP contribution < -0.4 is 0 Å². The third kappa shape index (κ3) is 4.88. The van der Waals surface area contributed by atoms with E-state index >= 15 is 0 Å². The molecule has 3 heterocycles. The Morgan fingerprint density at radius 2 is 0.941 bits per heavy atom. The number of aromatic nitrogens is 4. The van der Waals surface area contributed by atoms with Gasteiger partial charge in [0, 0.05) is 54.9 Å². The number of para-hydroxylation sites is 3. The zero-order valence-corrected chi connectivity index (χ0v) is 27.6. The molecule has 0 N–H and O–H groups in total. The van der Waals surface area contributed by atoms with Crippen LogP contribution in [0.25, 0.3) is 94.3 Å². The first-order valence-electron chi connectivity index (χ1n) is 17.2. The van der Waals surface area contributed by atoms with Crippen LogP contribution >= 0.6 is 0 Å². The monoisotopic (exact) mass is 650 g/mol. The lowest BCUT2D eigenvalue weighted by molar-refractivity contribution is 1.18. The molecule has 7 aromatic carbocycles. The zero-order chi connectivity index (χ0) is 33.7. The Balaban J connectivity index is 1.22. The molecule has 0 bridgehead atoms. The maximum Gasteiger partial charge on any atom is 0.160 e. The first-order chi connectivity index (χ1) is 25.3. The van der Waals surface area contributed by atoms with Crippen LogP contribution in [0.1, 0.15) is 0 Å².